The molecule has 17 heavy (non-hydrogen) atoms. The third-order valence-electron chi connectivity index (χ3n) is 3.03. The smallest absolute Gasteiger partial charge is 0.238 e. The molecule has 6 heteroatoms. The van der Waals surface area contributed by atoms with Crippen LogP contribution in [0.3, 0.4) is 0 Å². The molecule has 1 saturated heterocycles. The molecule has 1 aliphatic rings. The Morgan fingerprint density at radius 1 is 1.35 bits per heavy atom. The minimum atomic E-state index is -0.717. The molecule has 0 aromatic heterocycles. The lowest BCUT2D eigenvalue weighted by Gasteiger charge is -2.29. The molecule has 1 heterocycles. The van der Waals surface area contributed by atoms with Gasteiger partial charge in [0.15, 0.2) is 0 Å². The second kappa shape index (κ2) is 5.46. The normalized spacial score (nSPS) is 25.4. The number of piperazine rings is 1. The summed E-state index contributed by atoms with van der Waals surface area (Å²) in [5.41, 5.74) is 4.52. The minimum Gasteiger partial charge on any atom is -0.369 e. The second-order valence-electron chi connectivity index (χ2n) is 5.24. The van der Waals surface area contributed by atoms with Crippen LogP contribution in [-0.4, -0.2) is 43.5 Å². The van der Waals surface area contributed by atoms with Crippen LogP contribution in [0.2, 0.25) is 0 Å². The second-order valence-corrected chi connectivity index (χ2v) is 5.24. The van der Waals surface area contributed by atoms with E-state index in [1.165, 1.54) is 0 Å². The molecule has 0 aromatic rings. The summed E-state index contributed by atoms with van der Waals surface area (Å²) in [4.78, 5) is 22.9. The summed E-state index contributed by atoms with van der Waals surface area (Å²) in [6, 6.07) is 0.135. The Hall–Kier alpha value is -1.14. The number of rotatable bonds is 4. The predicted molar refractivity (Wildman–Crippen MR) is 65.2 cm³/mol. The van der Waals surface area contributed by atoms with Gasteiger partial charge in [0, 0.05) is 25.7 Å². The molecule has 1 aliphatic heterocycles. The van der Waals surface area contributed by atoms with Gasteiger partial charge in [0.2, 0.25) is 11.8 Å². The van der Waals surface area contributed by atoms with Crippen LogP contribution in [0, 0.1) is 5.41 Å². The molecule has 0 radical (unpaired) electrons. The molecule has 1 rings (SSSR count). The first kappa shape index (κ1) is 13.9. The summed E-state index contributed by atoms with van der Waals surface area (Å²) in [5, 5.41) is 9.11. The van der Waals surface area contributed by atoms with Crippen molar-refractivity contribution in [3.8, 4) is 0 Å². The number of hydrogen-bond acceptors (Lipinski definition) is 4. The third-order valence-corrected chi connectivity index (χ3v) is 3.03. The summed E-state index contributed by atoms with van der Waals surface area (Å²) in [5.74, 6) is -0.514. The monoisotopic (exact) mass is 242 g/mol. The van der Waals surface area contributed by atoms with Crippen LogP contribution >= 0.6 is 0 Å². The molecule has 0 bridgehead atoms. The molecule has 0 spiro atoms. The number of carbonyl (C=O) groups is 2. The highest BCUT2D eigenvalue weighted by Gasteiger charge is 2.28. The van der Waals surface area contributed by atoms with Gasteiger partial charge in [-0.15, -0.1) is 0 Å². The van der Waals surface area contributed by atoms with Crippen molar-refractivity contribution >= 4 is 11.8 Å². The zero-order valence-corrected chi connectivity index (χ0v) is 10.7. The van der Waals surface area contributed by atoms with Gasteiger partial charge in [-0.1, -0.05) is 0 Å². The van der Waals surface area contributed by atoms with Crippen molar-refractivity contribution < 1.29 is 9.59 Å². The lowest BCUT2D eigenvalue weighted by molar-refractivity contribution is -0.127. The van der Waals surface area contributed by atoms with Crippen molar-refractivity contribution in [1.29, 1.82) is 0 Å². The van der Waals surface area contributed by atoms with E-state index in [0.29, 0.717) is 12.6 Å². The van der Waals surface area contributed by atoms with E-state index >= 15 is 0 Å². The first-order valence-corrected chi connectivity index (χ1v) is 5.87. The number of carbonyl (C=O) groups excluding carboxylic acids is 2. The van der Waals surface area contributed by atoms with E-state index in [2.05, 4.69) is 22.9 Å². The molecular weight excluding hydrogens is 220 g/mol. The van der Waals surface area contributed by atoms with Gasteiger partial charge in [-0.2, -0.15) is 0 Å². The summed E-state index contributed by atoms with van der Waals surface area (Å²) < 4.78 is 0. The van der Waals surface area contributed by atoms with Gasteiger partial charge in [0.1, 0.15) is 0 Å². The number of nitrogens with two attached hydrogens (primary N) is 1. The molecule has 2 amide bonds. The summed E-state index contributed by atoms with van der Waals surface area (Å²) in [6.45, 7) is 7.10. The van der Waals surface area contributed by atoms with Crippen LogP contribution < -0.4 is 21.7 Å². The van der Waals surface area contributed by atoms with E-state index in [9.17, 15) is 9.59 Å². The van der Waals surface area contributed by atoms with Crippen LogP contribution in [0.15, 0.2) is 0 Å². The van der Waals surface area contributed by atoms with Gasteiger partial charge in [0.05, 0.1) is 11.5 Å². The molecular formula is C11H22N4O2. The highest BCUT2D eigenvalue weighted by Crippen LogP contribution is 2.11. The lowest BCUT2D eigenvalue weighted by Crippen LogP contribution is -2.59. The average molecular weight is 242 g/mol. The fraction of sp³-hybridized carbons (Fsp3) is 0.818. The average Bonchev–Trinajstić information content (AvgIpc) is 2.27. The van der Waals surface area contributed by atoms with Crippen LogP contribution in [0.4, 0.5) is 0 Å². The maximum absolute atomic E-state index is 11.8. The van der Waals surface area contributed by atoms with E-state index in [1.54, 1.807) is 13.8 Å². The van der Waals surface area contributed by atoms with Gasteiger partial charge < -0.3 is 21.7 Å². The SMILES string of the molecule is CC1CNC(C(=O)NCC(C)(C)C(N)=O)CN1. The standard InChI is InChI=1S/C11H22N4O2/c1-7-4-14-8(5-13-7)9(16)15-6-11(2,3)10(12)17/h7-8,13-14H,4-6H2,1-3H3,(H2,12,17)(H,15,16). The van der Waals surface area contributed by atoms with Crippen LogP contribution in [0.5, 0.6) is 0 Å². The van der Waals surface area contributed by atoms with E-state index in [-0.39, 0.29) is 18.5 Å². The minimum absolute atomic E-state index is 0.0984. The summed E-state index contributed by atoms with van der Waals surface area (Å²) >= 11 is 0. The third kappa shape index (κ3) is 3.98. The Bertz CT molecular complexity index is 296. The van der Waals surface area contributed by atoms with Gasteiger partial charge in [-0.25, -0.2) is 0 Å². The number of nitrogens with one attached hydrogen (secondary N) is 3. The summed E-state index contributed by atoms with van der Waals surface area (Å²) in [7, 11) is 0. The lowest BCUT2D eigenvalue weighted by atomic mass is 9.92. The first-order chi connectivity index (χ1) is 7.83. The molecule has 5 N–H and O–H groups in total. The van der Waals surface area contributed by atoms with Gasteiger partial charge >= 0.3 is 0 Å². The van der Waals surface area contributed by atoms with Crippen LogP contribution in [0.25, 0.3) is 0 Å². The topological polar surface area (TPSA) is 96.2 Å². The van der Waals surface area contributed by atoms with Crippen molar-refractivity contribution in [1.82, 2.24) is 16.0 Å². The van der Waals surface area contributed by atoms with Crippen molar-refractivity contribution in [2.45, 2.75) is 32.9 Å². The Morgan fingerprint density at radius 3 is 2.47 bits per heavy atom. The highest BCUT2D eigenvalue weighted by atomic mass is 16.2. The molecule has 2 atom stereocenters. The zero-order valence-electron chi connectivity index (χ0n) is 10.7. The molecule has 0 saturated carbocycles. The van der Waals surface area contributed by atoms with Crippen molar-refractivity contribution in [3.63, 3.8) is 0 Å². The Morgan fingerprint density at radius 2 is 2.00 bits per heavy atom. The van der Waals surface area contributed by atoms with Gasteiger partial charge in [-0.3, -0.25) is 9.59 Å². The first-order valence-electron chi connectivity index (χ1n) is 5.87. The maximum Gasteiger partial charge on any atom is 0.238 e. The molecule has 98 valence electrons. The largest absolute Gasteiger partial charge is 0.369 e. The fourth-order valence-corrected chi connectivity index (χ4v) is 1.49. The van der Waals surface area contributed by atoms with Gasteiger partial charge in [-0.05, 0) is 20.8 Å². The Labute approximate surface area is 102 Å². The van der Waals surface area contributed by atoms with Crippen LogP contribution in [0.1, 0.15) is 20.8 Å². The van der Waals surface area contributed by atoms with E-state index < -0.39 is 11.3 Å². The highest BCUT2D eigenvalue weighted by molar-refractivity contribution is 5.84. The predicted octanol–water partition coefficient (Wildman–Crippen LogP) is -1.44. The van der Waals surface area contributed by atoms with Crippen LogP contribution in [-0.2, 0) is 9.59 Å². The Kier molecular flexibility index (Phi) is 4.47. The number of hydrogen-bond donors (Lipinski definition) is 4. The quantitative estimate of drug-likeness (QED) is 0.486. The molecule has 0 aromatic carbocycles. The maximum atomic E-state index is 11.8. The Balaban J connectivity index is 2.37. The molecule has 1 fully saturated rings. The number of primary amides is 1. The van der Waals surface area contributed by atoms with E-state index in [1.807, 2.05) is 0 Å². The van der Waals surface area contributed by atoms with E-state index in [4.69, 9.17) is 5.73 Å². The van der Waals surface area contributed by atoms with Gasteiger partial charge in [0.25, 0.3) is 0 Å². The summed E-state index contributed by atoms with van der Waals surface area (Å²) in [6.07, 6.45) is 0. The van der Waals surface area contributed by atoms with Crippen molar-refractivity contribution in [2.24, 2.45) is 11.1 Å². The van der Waals surface area contributed by atoms with Crippen molar-refractivity contribution in [2.75, 3.05) is 19.6 Å². The van der Waals surface area contributed by atoms with E-state index in [0.717, 1.165) is 6.54 Å². The fourth-order valence-electron chi connectivity index (χ4n) is 1.49. The molecule has 6 nitrogen and oxygen atoms in total. The number of amides is 2. The van der Waals surface area contributed by atoms with Crippen molar-refractivity contribution in [3.05, 3.63) is 0 Å². The molecule has 0 aliphatic carbocycles. The zero-order chi connectivity index (χ0) is 13.1. The molecule has 2 unspecified atom stereocenters.